The Hall–Kier alpha value is -0.560. The molecule has 1 rings (SSSR count). The third-order valence-corrected chi connectivity index (χ3v) is 5.38. The van der Waals surface area contributed by atoms with Crippen LogP contribution in [0.5, 0.6) is 0 Å². The van der Waals surface area contributed by atoms with Crippen LogP contribution >= 0.6 is 0 Å². The van der Waals surface area contributed by atoms with E-state index >= 15 is 0 Å². The molecule has 0 radical (unpaired) electrons. The minimum absolute atomic E-state index is 0.132. The monoisotopic (exact) mass is 229 g/mol. The smallest absolute Gasteiger partial charge is 0.153 e. The lowest BCUT2D eigenvalue weighted by Crippen LogP contribution is -2.24. The van der Waals surface area contributed by atoms with Crippen molar-refractivity contribution in [1.82, 2.24) is 0 Å². The van der Waals surface area contributed by atoms with Crippen molar-refractivity contribution in [2.45, 2.75) is 51.2 Å². The molecule has 0 amide bonds. The Morgan fingerprint density at radius 2 is 1.87 bits per heavy atom. The van der Waals surface area contributed by atoms with Crippen LogP contribution in [0.4, 0.5) is 0 Å². The summed E-state index contributed by atoms with van der Waals surface area (Å²) in [5.41, 5.74) is -0.522. The summed E-state index contributed by atoms with van der Waals surface area (Å²) in [6.45, 7) is 3.58. The van der Waals surface area contributed by atoms with Gasteiger partial charge in [-0.2, -0.15) is 5.26 Å². The average molecular weight is 229 g/mol. The third kappa shape index (κ3) is 3.49. The van der Waals surface area contributed by atoms with Crippen LogP contribution in [0, 0.1) is 16.7 Å². The van der Waals surface area contributed by atoms with E-state index in [1.807, 2.05) is 0 Å². The van der Waals surface area contributed by atoms with E-state index in [4.69, 9.17) is 5.26 Å². The molecular formula is C11H19NO2S. The van der Waals surface area contributed by atoms with Crippen molar-refractivity contribution < 1.29 is 8.42 Å². The first-order valence-electron chi connectivity index (χ1n) is 5.50. The van der Waals surface area contributed by atoms with Crippen molar-refractivity contribution in [3.63, 3.8) is 0 Å². The fraction of sp³-hybridized carbons (Fsp3) is 0.909. The van der Waals surface area contributed by atoms with Crippen molar-refractivity contribution in [1.29, 1.82) is 5.26 Å². The fourth-order valence-electron chi connectivity index (χ4n) is 1.87. The zero-order valence-corrected chi connectivity index (χ0v) is 10.3. The Morgan fingerprint density at radius 1 is 1.33 bits per heavy atom. The predicted molar refractivity (Wildman–Crippen MR) is 60.1 cm³/mol. The summed E-state index contributed by atoms with van der Waals surface area (Å²) in [4.78, 5) is 0. The van der Waals surface area contributed by atoms with E-state index < -0.39 is 15.3 Å². The maximum absolute atomic E-state index is 11.9. The van der Waals surface area contributed by atoms with Crippen molar-refractivity contribution in [2.75, 3.05) is 5.75 Å². The Morgan fingerprint density at radius 3 is 2.33 bits per heavy atom. The summed E-state index contributed by atoms with van der Waals surface area (Å²) in [7, 11) is -2.95. The second-order valence-corrected chi connectivity index (χ2v) is 7.42. The van der Waals surface area contributed by atoms with Gasteiger partial charge in [0.05, 0.1) is 22.5 Å². The second-order valence-electron chi connectivity index (χ2n) is 5.02. The molecule has 0 atom stereocenters. The molecule has 0 bridgehead atoms. The number of hydrogen-bond donors (Lipinski definition) is 0. The molecular weight excluding hydrogens is 210 g/mol. The van der Waals surface area contributed by atoms with Crippen LogP contribution in [0.1, 0.15) is 46.0 Å². The molecule has 0 heterocycles. The minimum atomic E-state index is -2.95. The number of sulfone groups is 1. The molecule has 0 aromatic rings. The number of nitriles is 1. The summed E-state index contributed by atoms with van der Waals surface area (Å²) >= 11 is 0. The van der Waals surface area contributed by atoms with E-state index in [0.717, 1.165) is 25.7 Å². The number of rotatable bonds is 4. The normalized spacial score (nSPS) is 19.0. The van der Waals surface area contributed by atoms with Crippen molar-refractivity contribution in [2.24, 2.45) is 5.41 Å². The van der Waals surface area contributed by atoms with Gasteiger partial charge in [-0.3, -0.25) is 0 Å². The van der Waals surface area contributed by atoms with Gasteiger partial charge in [-0.25, -0.2) is 8.42 Å². The molecule has 1 aliphatic carbocycles. The predicted octanol–water partition coefficient (Wildman–Crippen LogP) is 2.28. The van der Waals surface area contributed by atoms with Gasteiger partial charge in [0.2, 0.25) is 0 Å². The van der Waals surface area contributed by atoms with Gasteiger partial charge in [-0.15, -0.1) is 0 Å². The van der Waals surface area contributed by atoms with Crippen molar-refractivity contribution in [3.8, 4) is 6.07 Å². The summed E-state index contributed by atoms with van der Waals surface area (Å²) in [5, 5.41) is 8.68. The first-order valence-corrected chi connectivity index (χ1v) is 7.22. The molecule has 1 fully saturated rings. The molecule has 4 heteroatoms. The van der Waals surface area contributed by atoms with Gasteiger partial charge in [0.15, 0.2) is 9.84 Å². The highest BCUT2D eigenvalue weighted by Crippen LogP contribution is 2.28. The quantitative estimate of drug-likeness (QED) is 0.743. The van der Waals surface area contributed by atoms with Crippen LogP contribution in [0.15, 0.2) is 0 Å². The Labute approximate surface area is 92.4 Å². The van der Waals surface area contributed by atoms with E-state index in [9.17, 15) is 8.42 Å². The van der Waals surface area contributed by atoms with Crippen LogP contribution in [-0.2, 0) is 9.84 Å². The maximum Gasteiger partial charge on any atom is 0.153 e. The lowest BCUT2D eigenvalue weighted by molar-refractivity contribution is 0.471. The van der Waals surface area contributed by atoms with Crippen LogP contribution in [-0.4, -0.2) is 19.4 Å². The standard InChI is InChI=1S/C11H19NO2S/c1-11(2,9-12)7-8-15(13,14)10-5-3-4-6-10/h10H,3-8H2,1-2H3. The molecule has 0 unspecified atom stereocenters. The first-order chi connectivity index (χ1) is 6.87. The van der Waals surface area contributed by atoms with Gasteiger partial charge < -0.3 is 0 Å². The van der Waals surface area contributed by atoms with Crippen LogP contribution in [0.2, 0.25) is 0 Å². The van der Waals surface area contributed by atoms with Crippen molar-refractivity contribution >= 4 is 9.84 Å². The summed E-state index contributed by atoms with van der Waals surface area (Å²) < 4.78 is 23.8. The molecule has 15 heavy (non-hydrogen) atoms. The molecule has 0 saturated heterocycles. The van der Waals surface area contributed by atoms with E-state index in [-0.39, 0.29) is 11.0 Å². The Bertz CT molecular complexity index is 345. The van der Waals surface area contributed by atoms with E-state index in [1.54, 1.807) is 13.8 Å². The average Bonchev–Trinajstić information content (AvgIpc) is 2.69. The van der Waals surface area contributed by atoms with Gasteiger partial charge in [-0.05, 0) is 33.1 Å². The fourth-order valence-corrected chi connectivity index (χ4v) is 4.05. The molecule has 0 aromatic carbocycles. The molecule has 1 saturated carbocycles. The molecule has 0 spiro atoms. The third-order valence-electron chi connectivity index (χ3n) is 3.12. The Kier molecular flexibility index (Phi) is 3.77. The number of nitrogens with zero attached hydrogens (tertiary/aromatic N) is 1. The molecule has 0 aliphatic heterocycles. The molecule has 3 nitrogen and oxygen atoms in total. The van der Waals surface area contributed by atoms with E-state index in [2.05, 4.69) is 6.07 Å². The highest BCUT2D eigenvalue weighted by molar-refractivity contribution is 7.92. The maximum atomic E-state index is 11.9. The molecule has 0 aromatic heterocycles. The van der Waals surface area contributed by atoms with Gasteiger partial charge in [0, 0.05) is 0 Å². The first kappa shape index (κ1) is 12.5. The second kappa shape index (κ2) is 4.52. The summed E-state index contributed by atoms with van der Waals surface area (Å²) in [6.07, 6.45) is 4.14. The van der Waals surface area contributed by atoms with Crippen LogP contribution in [0.25, 0.3) is 0 Å². The van der Waals surface area contributed by atoms with E-state index in [1.165, 1.54) is 0 Å². The summed E-state index contributed by atoms with van der Waals surface area (Å²) in [5.74, 6) is 0.165. The topological polar surface area (TPSA) is 57.9 Å². The van der Waals surface area contributed by atoms with Gasteiger partial charge >= 0.3 is 0 Å². The summed E-state index contributed by atoms with van der Waals surface area (Å²) in [6, 6.07) is 2.14. The van der Waals surface area contributed by atoms with Crippen LogP contribution < -0.4 is 0 Å². The molecule has 1 aliphatic rings. The van der Waals surface area contributed by atoms with Gasteiger partial charge in [-0.1, -0.05) is 12.8 Å². The Balaban J connectivity index is 2.54. The van der Waals surface area contributed by atoms with E-state index in [0.29, 0.717) is 6.42 Å². The van der Waals surface area contributed by atoms with Crippen molar-refractivity contribution in [3.05, 3.63) is 0 Å². The zero-order chi connectivity index (χ0) is 11.5. The lowest BCUT2D eigenvalue weighted by atomic mass is 9.93. The lowest BCUT2D eigenvalue weighted by Gasteiger charge is -2.17. The molecule has 0 N–H and O–H groups in total. The highest BCUT2D eigenvalue weighted by Gasteiger charge is 2.30. The van der Waals surface area contributed by atoms with Crippen LogP contribution in [0.3, 0.4) is 0 Å². The highest BCUT2D eigenvalue weighted by atomic mass is 32.2. The number of hydrogen-bond acceptors (Lipinski definition) is 3. The minimum Gasteiger partial charge on any atom is -0.229 e. The zero-order valence-electron chi connectivity index (χ0n) is 9.49. The SMILES string of the molecule is CC(C)(C#N)CCS(=O)(=O)C1CCCC1. The van der Waals surface area contributed by atoms with Gasteiger partial charge in [0.25, 0.3) is 0 Å². The largest absolute Gasteiger partial charge is 0.229 e. The molecule has 86 valence electrons. The van der Waals surface area contributed by atoms with Gasteiger partial charge in [0.1, 0.15) is 0 Å².